The number of pyridine rings is 2. The SMILES string of the molecule is CC(C)(C)OC(=O)NCC1Cc2c(F)cnc3ccc(=O)n(c23)C1. The normalized spacial score (nSPS) is 16.9. The van der Waals surface area contributed by atoms with Crippen LogP contribution in [-0.4, -0.2) is 27.8 Å². The highest BCUT2D eigenvalue weighted by Crippen LogP contribution is 2.26. The summed E-state index contributed by atoms with van der Waals surface area (Å²) in [6.07, 6.45) is 1.09. The Morgan fingerprint density at radius 2 is 2.21 bits per heavy atom. The van der Waals surface area contributed by atoms with E-state index in [-0.39, 0.29) is 11.5 Å². The van der Waals surface area contributed by atoms with Crippen LogP contribution in [0.15, 0.2) is 23.1 Å². The van der Waals surface area contributed by atoms with E-state index in [0.29, 0.717) is 36.1 Å². The third kappa shape index (κ3) is 3.25. The standard InChI is InChI=1S/C17H20FN3O3/c1-17(2,3)24-16(23)20-7-10-6-11-12(18)8-19-13-4-5-14(22)21(9-10)15(11)13/h4-5,8,10H,6-7,9H2,1-3H3,(H,20,23). The molecule has 1 amide bonds. The fourth-order valence-electron chi connectivity index (χ4n) is 2.97. The molecule has 7 heteroatoms. The molecule has 0 fully saturated rings. The summed E-state index contributed by atoms with van der Waals surface area (Å²) in [6.45, 7) is 6.06. The number of halogens is 1. The number of nitrogens with zero attached hydrogens (tertiary/aromatic N) is 2. The number of carbonyl (C=O) groups excluding carboxylic acids is 1. The second kappa shape index (κ2) is 5.89. The first kappa shape index (κ1) is 16.4. The van der Waals surface area contributed by atoms with Gasteiger partial charge < -0.3 is 14.6 Å². The fourth-order valence-corrected chi connectivity index (χ4v) is 2.97. The van der Waals surface area contributed by atoms with Gasteiger partial charge in [-0.25, -0.2) is 9.18 Å². The minimum atomic E-state index is -0.580. The molecule has 24 heavy (non-hydrogen) atoms. The molecule has 3 heterocycles. The van der Waals surface area contributed by atoms with E-state index in [1.807, 2.05) is 0 Å². The van der Waals surface area contributed by atoms with Crippen molar-refractivity contribution in [3.05, 3.63) is 40.1 Å². The van der Waals surface area contributed by atoms with Gasteiger partial charge in [0, 0.05) is 24.7 Å². The van der Waals surface area contributed by atoms with Gasteiger partial charge in [0.15, 0.2) is 0 Å². The van der Waals surface area contributed by atoms with E-state index in [1.165, 1.54) is 16.8 Å². The summed E-state index contributed by atoms with van der Waals surface area (Å²) in [6, 6.07) is 3.04. The zero-order chi connectivity index (χ0) is 17.5. The van der Waals surface area contributed by atoms with Crippen LogP contribution in [0.5, 0.6) is 0 Å². The van der Waals surface area contributed by atoms with E-state index < -0.39 is 17.5 Å². The lowest BCUT2D eigenvalue weighted by molar-refractivity contribution is 0.0517. The summed E-state index contributed by atoms with van der Waals surface area (Å²) < 4.78 is 20.9. The van der Waals surface area contributed by atoms with E-state index in [4.69, 9.17) is 4.74 Å². The molecule has 1 unspecified atom stereocenters. The van der Waals surface area contributed by atoms with Crippen LogP contribution in [0.2, 0.25) is 0 Å². The van der Waals surface area contributed by atoms with Gasteiger partial charge in [0.1, 0.15) is 11.4 Å². The topological polar surface area (TPSA) is 73.2 Å². The molecular weight excluding hydrogens is 313 g/mol. The first-order valence-electron chi connectivity index (χ1n) is 7.88. The van der Waals surface area contributed by atoms with Crippen LogP contribution in [0, 0.1) is 11.7 Å². The molecule has 0 bridgehead atoms. The van der Waals surface area contributed by atoms with Crippen molar-refractivity contribution in [1.82, 2.24) is 14.9 Å². The third-order valence-corrected chi connectivity index (χ3v) is 3.92. The van der Waals surface area contributed by atoms with Crippen LogP contribution in [-0.2, 0) is 17.7 Å². The molecule has 2 aromatic heterocycles. The van der Waals surface area contributed by atoms with Gasteiger partial charge in [0.05, 0.1) is 17.2 Å². The van der Waals surface area contributed by atoms with Gasteiger partial charge in [0.25, 0.3) is 5.56 Å². The van der Waals surface area contributed by atoms with Crippen molar-refractivity contribution in [1.29, 1.82) is 0 Å². The number of alkyl carbamates (subject to hydrolysis) is 1. The van der Waals surface area contributed by atoms with Crippen molar-refractivity contribution in [2.45, 2.75) is 39.3 Å². The number of aromatic nitrogens is 2. The Hall–Kier alpha value is -2.44. The van der Waals surface area contributed by atoms with E-state index in [0.717, 1.165) is 0 Å². The van der Waals surface area contributed by atoms with E-state index in [2.05, 4.69) is 10.3 Å². The van der Waals surface area contributed by atoms with Gasteiger partial charge in [0.2, 0.25) is 0 Å². The Morgan fingerprint density at radius 1 is 1.46 bits per heavy atom. The average Bonchev–Trinajstić information content (AvgIpc) is 2.49. The number of amides is 1. The first-order chi connectivity index (χ1) is 11.2. The zero-order valence-electron chi connectivity index (χ0n) is 13.9. The average molecular weight is 333 g/mol. The van der Waals surface area contributed by atoms with Crippen LogP contribution in [0.4, 0.5) is 9.18 Å². The van der Waals surface area contributed by atoms with Crippen molar-refractivity contribution in [3.63, 3.8) is 0 Å². The van der Waals surface area contributed by atoms with Crippen molar-refractivity contribution in [2.75, 3.05) is 6.54 Å². The molecule has 1 aliphatic rings. The quantitative estimate of drug-likeness (QED) is 0.915. The maximum absolute atomic E-state index is 14.2. The van der Waals surface area contributed by atoms with E-state index >= 15 is 0 Å². The molecule has 6 nitrogen and oxygen atoms in total. The lowest BCUT2D eigenvalue weighted by Gasteiger charge is -2.27. The second-order valence-corrected chi connectivity index (χ2v) is 7.05. The molecule has 1 N–H and O–H groups in total. The predicted molar refractivity (Wildman–Crippen MR) is 87.4 cm³/mol. The fraction of sp³-hybridized carbons (Fsp3) is 0.471. The Balaban J connectivity index is 1.81. The van der Waals surface area contributed by atoms with Crippen LogP contribution in [0.25, 0.3) is 11.0 Å². The molecule has 0 saturated heterocycles. The summed E-state index contributed by atoms with van der Waals surface area (Å²) in [5, 5.41) is 2.70. The smallest absolute Gasteiger partial charge is 0.407 e. The van der Waals surface area contributed by atoms with Crippen LogP contribution in [0.1, 0.15) is 26.3 Å². The number of carbonyl (C=O) groups is 1. The van der Waals surface area contributed by atoms with Gasteiger partial charge in [-0.3, -0.25) is 9.78 Å². The van der Waals surface area contributed by atoms with Gasteiger partial charge in [-0.1, -0.05) is 0 Å². The predicted octanol–water partition coefficient (Wildman–Crippen LogP) is 2.23. The Morgan fingerprint density at radius 3 is 2.92 bits per heavy atom. The minimum Gasteiger partial charge on any atom is -0.444 e. The largest absolute Gasteiger partial charge is 0.444 e. The number of hydrogen-bond donors (Lipinski definition) is 1. The van der Waals surface area contributed by atoms with Gasteiger partial charge in [-0.05, 0) is 39.2 Å². The summed E-state index contributed by atoms with van der Waals surface area (Å²) in [5.74, 6) is -0.519. The Kier molecular flexibility index (Phi) is 4.03. The summed E-state index contributed by atoms with van der Waals surface area (Å²) >= 11 is 0. The van der Waals surface area contributed by atoms with E-state index in [1.54, 1.807) is 26.8 Å². The van der Waals surface area contributed by atoms with Crippen LogP contribution < -0.4 is 10.9 Å². The highest BCUT2D eigenvalue weighted by molar-refractivity contribution is 5.79. The number of ether oxygens (including phenoxy) is 1. The zero-order valence-corrected chi connectivity index (χ0v) is 13.9. The van der Waals surface area contributed by atoms with Gasteiger partial charge in [-0.2, -0.15) is 0 Å². The number of nitrogens with one attached hydrogen (secondary N) is 1. The van der Waals surface area contributed by atoms with Gasteiger partial charge in [-0.15, -0.1) is 0 Å². The van der Waals surface area contributed by atoms with Gasteiger partial charge >= 0.3 is 6.09 Å². The second-order valence-electron chi connectivity index (χ2n) is 7.05. The number of hydrogen-bond acceptors (Lipinski definition) is 4. The summed E-state index contributed by atoms with van der Waals surface area (Å²) in [5.41, 5.74) is 0.849. The molecule has 0 spiro atoms. The molecule has 128 valence electrons. The monoisotopic (exact) mass is 333 g/mol. The van der Waals surface area contributed by atoms with E-state index in [9.17, 15) is 14.0 Å². The molecule has 3 rings (SSSR count). The lowest BCUT2D eigenvalue weighted by Crippen LogP contribution is -2.39. The summed E-state index contributed by atoms with van der Waals surface area (Å²) in [4.78, 5) is 28.0. The highest BCUT2D eigenvalue weighted by atomic mass is 19.1. The van der Waals surface area contributed by atoms with Crippen molar-refractivity contribution < 1.29 is 13.9 Å². The molecule has 0 saturated carbocycles. The van der Waals surface area contributed by atoms with Crippen LogP contribution >= 0.6 is 0 Å². The molecule has 2 aromatic rings. The Bertz CT molecular complexity index is 855. The maximum atomic E-state index is 14.2. The summed E-state index contributed by atoms with van der Waals surface area (Å²) in [7, 11) is 0. The molecule has 0 aromatic carbocycles. The molecular formula is C17H20FN3O3. The molecule has 1 aliphatic heterocycles. The van der Waals surface area contributed by atoms with Crippen molar-refractivity contribution in [2.24, 2.45) is 5.92 Å². The first-order valence-corrected chi connectivity index (χ1v) is 7.88. The maximum Gasteiger partial charge on any atom is 0.407 e. The minimum absolute atomic E-state index is 0.0924. The van der Waals surface area contributed by atoms with Crippen LogP contribution in [0.3, 0.4) is 0 Å². The Labute approximate surface area is 138 Å². The van der Waals surface area contributed by atoms with Crippen molar-refractivity contribution >= 4 is 17.1 Å². The molecule has 1 atom stereocenters. The third-order valence-electron chi connectivity index (χ3n) is 3.92. The highest BCUT2D eigenvalue weighted by Gasteiger charge is 2.25. The van der Waals surface area contributed by atoms with Crippen molar-refractivity contribution in [3.8, 4) is 0 Å². The lowest BCUT2D eigenvalue weighted by atomic mass is 9.94. The number of rotatable bonds is 2. The molecule has 0 aliphatic carbocycles. The molecule has 0 radical (unpaired) electrons.